The number of aromatic nitrogens is 2. The van der Waals surface area contributed by atoms with E-state index in [9.17, 15) is 4.79 Å². The van der Waals surface area contributed by atoms with E-state index in [0.29, 0.717) is 0 Å². The molecule has 0 bridgehead atoms. The molecule has 5 nitrogen and oxygen atoms in total. The van der Waals surface area contributed by atoms with Crippen LogP contribution in [-0.4, -0.2) is 51.9 Å². The molecule has 1 N–H and O–H groups in total. The summed E-state index contributed by atoms with van der Waals surface area (Å²) in [7, 11) is 0. The fraction of sp³-hybridized carbons (Fsp3) is 0.333. The summed E-state index contributed by atoms with van der Waals surface area (Å²) in [6, 6.07) is 16.3. The highest BCUT2D eigenvalue weighted by atomic mass is 16.2. The van der Waals surface area contributed by atoms with Crippen LogP contribution in [0.5, 0.6) is 0 Å². The van der Waals surface area contributed by atoms with Crippen molar-refractivity contribution in [1.82, 2.24) is 19.8 Å². The summed E-state index contributed by atoms with van der Waals surface area (Å²) in [5.41, 5.74) is 3.92. The lowest BCUT2D eigenvalue weighted by Crippen LogP contribution is -2.48. The molecule has 26 heavy (non-hydrogen) atoms. The zero-order valence-electron chi connectivity index (χ0n) is 15.1. The number of rotatable bonds is 4. The molecule has 1 aliphatic rings. The number of piperazine rings is 1. The number of aryl methyl sites for hydroxylation is 1. The van der Waals surface area contributed by atoms with Crippen LogP contribution in [0.25, 0.3) is 11.0 Å². The van der Waals surface area contributed by atoms with E-state index in [4.69, 9.17) is 0 Å². The topological polar surface area (TPSA) is 52.2 Å². The largest absolute Gasteiger partial charge is 0.342 e. The van der Waals surface area contributed by atoms with Gasteiger partial charge in [-0.15, -0.1) is 0 Å². The first kappa shape index (κ1) is 16.8. The van der Waals surface area contributed by atoms with E-state index in [0.717, 1.165) is 61.6 Å². The number of aromatic amines is 1. The van der Waals surface area contributed by atoms with Gasteiger partial charge in [-0.3, -0.25) is 9.69 Å². The van der Waals surface area contributed by atoms with Gasteiger partial charge in [0, 0.05) is 44.7 Å². The average molecular weight is 348 g/mol. The van der Waals surface area contributed by atoms with Crippen molar-refractivity contribution in [2.75, 3.05) is 26.2 Å². The van der Waals surface area contributed by atoms with Crippen molar-refractivity contribution in [1.29, 1.82) is 0 Å². The monoisotopic (exact) mass is 348 g/mol. The molecule has 0 atom stereocenters. The van der Waals surface area contributed by atoms with Gasteiger partial charge in [-0.05, 0) is 23.8 Å². The molecule has 0 radical (unpaired) electrons. The molecule has 5 heteroatoms. The number of benzene rings is 2. The maximum atomic E-state index is 12.9. The lowest BCUT2D eigenvalue weighted by atomic mass is 10.1. The first-order valence-electron chi connectivity index (χ1n) is 9.27. The summed E-state index contributed by atoms with van der Waals surface area (Å²) in [6.45, 7) is 6.38. The maximum absolute atomic E-state index is 12.9. The molecule has 0 saturated carbocycles. The van der Waals surface area contributed by atoms with Crippen LogP contribution in [0.3, 0.4) is 0 Å². The summed E-state index contributed by atoms with van der Waals surface area (Å²) in [6.07, 6.45) is 0.862. The van der Waals surface area contributed by atoms with Crippen LogP contribution in [0.15, 0.2) is 48.5 Å². The fourth-order valence-electron chi connectivity index (χ4n) is 3.50. The molecule has 3 aromatic rings. The Kier molecular flexibility index (Phi) is 4.71. The molecular formula is C21H24N4O. The normalized spacial score (nSPS) is 15.5. The molecule has 2 aromatic carbocycles. The molecule has 1 amide bonds. The highest BCUT2D eigenvalue weighted by molar-refractivity contribution is 5.97. The summed E-state index contributed by atoms with van der Waals surface area (Å²) in [4.78, 5) is 25.0. The van der Waals surface area contributed by atoms with Crippen LogP contribution in [0, 0.1) is 0 Å². The highest BCUT2D eigenvalue weighted by Crippen LogP contribution is 2.17. The van der Waals surface area contributed by atoms with E-state index < -0.39 is 0 Å². The molecule has 0 spiro atoms. The van der Waals surface area contributed by atoms with Crippen molar-refractivity contribution in [3.8, 4) is 0 Å². The van der Waals surface area contributed by atoms with E-state index in [-0.39, 0.29) is 5.91 Å². The smallest absolute Gasteiger partial charge is 0.254 e. The Morgan fingerprint density at radius 1 is 1.08 bits per heavy atom. The zero-order valence-corrected chi connectivity index (χ0v) is 15.1. The number of carbonyl (C=O) groups is 1. The molecule has 0 unspecified atom stereocenters. The third-order valence-corrected chi connectivity index (χ3v) is 5.02. The number of hydrogen-bond donors (Lipinski definition) is 1. The number of nitrogens with one attached hydrogen (secondary N) is 1. The van der Waals surface area contributed by atoms with Crippen LogP contribution in [0.1, 0.15) is 28.7 Å². The van der Waals surface area contributed by atoms with Gasteiger partial charge in [0.25, 0.3) is 5.91 Å². The molecule has 134 valence electrons. The first-order chi connectivity index (χ1) is 12.7. The second-order valence-corrected chi connectivity index (χ2v) is 6.82. The minimum absolute atomic E-state index is 0.110. The number of H-pyrrole nitrogens is 1. The molecule has 1 fully saturated rings. The van der Waals surface area contributed by atoms with Gasteiger partial charge < -0.3 is 9.88 Å². The number of imidazole rings is 1. The quantitative estimate of drug-likeness (QED) is 0.788. The van der Waals surface area contributed by atoms with Crippen LogP contribution in [-0.2, 0) is 13.0 Å². The summed E-state index contributed by atoms with van der Waals surface area (Å²) < 4.78 is 0. The molecule has 1 aromatic heterocycles. The minimum atomic E-state index is 0.110. The molecule has 1 aliphatic heterocycles. The van der Waals surface area contributed by atoms with Crippen molar-refractivity contribution in [3.63, 3.8) is 0 Å². The SMILES string of the molecule is CCc1nc2ccc(C(=O)N3CCN(Cc4ccccc4)CC3)cc2[nH]1. The number of nitrogens with zero attached hydrogens (tertiary/aromatic N) is 3. The lowest BCUT2D eigenvalue weighted by molar-refractivity contribution is 0.0628. The summed E-state index contributed by atoms with van der Waals surface area (Å²) in [5.74, 6) is 1.07. The van der Waals surface area contributed by atoms with Crippen molar-refractivity contribution in [2.45, 2.75) is 19.9 Å². The number of fused-ring (bicyclic) bond motifs is 1. The average Bonchev–Trinajstić information content (AvgIpc) is 3.11. The Bertz CT molecular complexity index is 895. The Morgan fingerprint density at radius 3 is 2.58 bits per heavy atom. The lowest BCUT2D eigenvalue weighted by Gasteiger charge is -2.34. The summed E-state index contributed by atoms with van der Waals surface area (Å²) in [5, 5.41) is 0. The van der Waals surface area contributed by atoms with E-state index in [1.54, 1.807) is 0 Å². The van der Waals surface area contributed by atoms with Crippen molar-refractivity contribution in [3.05, 3.63) is 65.5 Å². The Morgan fingerprint density at radius 2 is 1.85 bits per heavy atom. The fourth-order valence-corrected chi connectivity index (χ4v) is 3.50. The summed E-state index contributed by atoms with van der Waals surface area (Å²) >= 11 is 0. The van der Waals surface area contributed by atoms with Gasteiger partial charge in [0.15, 0.2) is 0 Å². The number of amides is 1. The van der Waals surface area contributed by atoms with E-state index in [1.165, 1.54) is 5.56 Å². The second-order valence-electron chi connectivity index (χ2n) is 6.82. The molecule has 2 heterocycles. The minimum Gasteiger partial charge on any atom is -0.342 e. The molecule has 1 saturated heterocycles. The maximum Gasteiger partial charge on any atom is 0.254 e. The molecule has 0 aliphatic carbocycles. The third kappa shape index (κ3) is 3.48. The van der Waals surface area contributed by atoms with Gasteiger partial charge in [0.2, 0.25) is 0 Å². The molecule has 4 rings (SSSR count). The van der Waals surface area contributed by atoms with Gasteiger partial charge in [-0.1, -0.05) is 37.3 Å². The van der Waals surface area contributed by atoms with Crippen molar-refractivity contribution < 1.29 is 4.79 Å². The molecular weight excluding hydrogens is 324 g/mol. The Hall–Kier alpha value is -2.66. The van der Waals surface area contributed by atoms with Gasteiger partial charge in [-0.25, -0.2) is 4.98 Å². The van der Waals surface area contributed by atoms with Gasteiger partial charge in [0.05, 0.1) is 11.0 Å². The van der Waals surface area contributed by atoms with Gasteiger partial charge in [-0.2, -0.15) is 0 Å². The Balaban J connectivity index is 1.40. The van der Waals surface area contributed by atoms with E-state index >= 15 is 0 Å². The van der Waals surface area contributed by atoms with Crippen LogP contribution < -0.4 is 0 Å². The predicted molar refractivity (Wildman–Crippen MR) is 103 cm³/mol. The van der Waals surface area contributed by atoms with Crippen molar-refractivity contribution >= 4 is 16.9 Å². The Labute approximate surface area is 153 Å². The number of carbonyl (C=O) groups excluding carboxylic acids is 1. The number of hydrogen-bond acceptors (Lipinski definition) is 3. The standard InChI is InChI=1S/C21H24N4O/c1-2-20-22-18-9-8-17(14-19(18)23-20)21(26)25-12-10-24(11-13-25)15-16-6-4-3-5-7-16/h3-9,14H,2,10-13,15H2,1H3,(H,22,23). The van der Waals surface area contributed by atoms with Crippen LogP contribution >= 0.6 is 0 Å². The third-order valence-electron chi connectivity index (χ3n) is 5.02. The van der Waals surface area contributed by atoms with E-state index in [1.807, 2.05) is 29.2 Å². The zero-order chi connectivity index (χ0) is 17.9. The van der Waals surface area contributed by atoms with E-state index in [2.05, 4.69) is 46.1 Å². The highest BCUT2D eigenvalue weighted by Gasteiger charge is 2.22. The van der Waals surface area contributed by atoms with Crippen molar-refractivity contribution in [2.24, 2.45) is 0 Å². The van der Waals surface area contributed by atoms with Gasteiger partial charge in [0.1, 0.15) is 5.82 Å². The van der Waals surface area contributed by atoms with Gasteiger partial charge >= 0.3 is 0 Å². The van der Waals surface area contributed by atoms with Crippen LogP contribution in [0.2, 0.25) is 0 Å². The predicted octanol–water partition coefficient (Wildman–Crippen LogP) is 3.08. The van der Waals surface area contributed by atoms with Crippen LogP contribution in [0.4, 0.5) is 0 Å². The second kappa shape index (κ2) is 7.30. The first-order valence-corrected chi connectivity index (χ1v) is 9.27.